The molecular formula is C11H14BrN3O. The first-order valence-electron chi connectivity index (χ1n) is 5.24. The average Bonchev–Trinajstić information content (AvgIpc) is 2.60. The van der Waals surface area contributed by atoms with Crippen molar-refractivity contribution in [1.82, 2.24) is 14.6 Å². The molecule has 0 aliphatic carbocycles. The fraction of sp³-hybridized carbons (Fsp3) is 0.455. The summed E-state index contributed by atoms with van der Waals surface area (Å²) >= 11 is 3.39. The lowest BCUT2D eigenvalue weighted by Gasteiger charge is -2.13. The SMILES string of the molecule is CC(C)C(CO)c1nc2cc(Br)ccn2n1. The summed E-state index contributed by atoms with van der Waals surface area (Å²) in [6.07, 6.45) is 1.85. The molecule has 0 aromatic carbocycles. The van der Waals surface area contributed by atoms with Gasteiger partial charge in [-0.15, -0.1) is 0 Å². The van der Waals surface area contributed by atoms with E-state index in [1.54, 1.807) is 4.52 Å². The van der Waals surface area contributed by atoms with Crippen molar-refractivity contribution in [3.8, 4) is 0 Å². The third-order valence-corrected chi connectivity index (χ3v) is 3.14. The lowest BCUT2D eigenvalue weighted by atomic mass is 9.96. The minimum atomic E-state index is -0.00123. The summed E-state index contributed by atoms with van der Waals surface area (Å²) in [4.78, 5) is 4.43. The lowest BCUT2D eigenvalue weighted by Crippen LogP contribution is -2.13. The Balaban J connectivity index is 2.45. The summed E-state index contributed by atoms with van der Waals surface area (Å²) in [6.45, 7) is 4.20. The van der Waals surface area contributed by atoms with Crippen molar-refractivity contribution < 1.29 is 5.11 Å². The minimum Gasteiger partial charge on any atom is -0.396 e. The number of pyridine rings is 1. The highest BCUT2D eigenvalue weighted by molar-refractivity contribution is 9.10. The Morgan fingerprint density at radius 2 is 2.25 bits per heavy atom. The number of hydrogen-bond donors (Lipinski definition) is 1. The third-order valence-electron chi connectivity index (χ3n) is 2.65. The maximum atomic E-state index is 9.33. The van der Waals surface area contributed by atoms with Crippen LogP contribution >= 0.6 is 15.9 Å². The van der Waals surface area contributed by atoms with Crippen molar-refractivity contribution in [2.45, 2.75) is 19.8 Å². The highest BCUT2D eigenvalue weighted by atomic mass is 79.9. The summed E-state index contributed by atoms with van der Waals surface area (Å²) in [7, 11) is 0. The van der Waals surface area contributed by atoms with Gasteiger partial charge in [0.05, 0.1) is 6.61 Å². The number of aromatic nitrogens is 3. The average molecular weight is 284 g/mol. The molecule has 86 valence electrons. The van der Waals surface area contributed by atoms with Crippen molar-refractivity contribution >= 4 is 21.6 Å². The molecule has 1 N–H and O–H groups in total. The van der Waals surface area contributed by atoms with Crippen LogP contribution in [0, 0.1) is 5.92 Å². The van der Waals surface area contributed by atoms with E-state index in [0.717, 1.165) is 10.1 Å². The maximum absolute atomic E-state index is 9.33. The van der Waals surface area contributed by atoms with Gasteiger partial charge < -0.3 is 5.11 Å². The van der Waals surface area contributed by atoms with E-state index in [0.29, 0.717) is 11.7 Å². The molecule has 0 bridgehead atoms. The van der Waals surface area contributed by atoms with Crippen LogP contribution in [0.25, 0.3) is 5.65 Å². The quantitative estimate of drug-likeness (QED) is 0.940. The smallest absolute Gasteiger partial charge is 0.157 e. The van der Waals surface area contributed by atoms with Gasteiger partial charge in [-0.05, 0) is 18.1 Å². The molecule has 2 aromatic rings. The molecule has 0 radical (unpaired) electrons. The number of fused-ring (bicyclic) bond motifs is 1. The first-order chi connectivity index (χ1) is 7.61. The number of hydrogen-bond acceptors (Lipinski definition) is 3. The van der Waals surface area contributed by atoms with Gasteiger partial charge in [0.15, 0.2) is 11.5 Å². The highest BCUT2D eigenvalue weighted by Crippen LogP contribution is 2.22. The first-order valence-corrected chi connectivity index (χ1v) is 6.04. The molecule has 1 atom stereocenters. The molecule has 0 aliphatic heterocycles. The zero-order chi connectivity index (χ0) is 11.7. The van der Waals surface area contributed by atoms with Crippen LogP contribution in [0.1, 0.15) is 25.6 Å². The second-order valence-corrected chi connectivity index (χ2v) is 5.07. The monoisotopic (exact) mass is 283 g/mol. The predicted molar refractivity (Wildman–Crippen MR) is 65.4 cm³/mol. The number of rotatable bonds is 3. The van der Waals surface area contributed by atoms with E-state index < -0.39 is 0 Å². The van der Waals surface area contributed by atoms with E-state index >= 15 is 0 Å². The van der Waals surface area contributed by atoms with Gasteiger partial charge in [0.25, 0.3) is 0 Å². The fourth-order valence-electron chi connectivity index (χ4n) is 1.62. The first kappa shape index (κ1) is 11.5. The molecule has 0 fully saturated rings. The van der Waals surface area contributed by atoms with E-state index in [2.05, 4.69) is 39.9 Å². The molecule has 0 saturated heterocycles. The van der Waals surface area contributed by atoms with Crippen molar-refractivity contribution in [2.24, 2.45) is 5.92 Å². The predicted octanol–water partition coefficient (Wildman–Crippen LogP) is 2.22. The highest BCUT2D eigenvalue weighted by Gasteiger charge is 2.19. The molecule has 2 rings (SSSR count). The van der Waals surface area contributed by atoms with Crippen LogP contribution in [0.4, 0.5) is 0 Å². The van der Waals surface area contributed by atoms with Gasteiger partial charge in [0.2, 0.25) is 0 Å². The van der Waals surface area contributed by atoms with Gasteiger partial charge in [-0.1, -0.05) is 29.8 Å². The Hall–Kier alpha value is -0.940. The van der Waals surface area contributed by atoms with E-state index in [4.69, 9.17) is 0 Å². The van der Waals surface area contributed by atoms with Crippen molar-refractivity contribution in [2.75, 3.05) is 6.61 Å². The Morgan fingerprint density at radius 3 is 2.88 bits per heavy atom. The van der Waals surface area contributed by atoms with E-state index in [9.17, 15) is 5.11 Å². The molecule has 5 heteroatoms. The van der Waals surface area contributed by atoms with Gasteiger partial charge in [0, 0.05) is 16.6 Å². The summed E-state index contributed by atoms with van der Waals surface area (Å²) in [6, 6.07) is 3.82. The fourth-order valence-corrected chi connectivity index (χ4v) is 1.94. The second-order valence-electron chi connectivity index (χ2n) is 4.15. The summed E-state index contributed by atoms with van der Waals surface area (Å²) in [5.41, 5.74) is 0.795. The van der Waals surface area contributed by atoms with E-state index in [1.165, 1.54) is 0 Å². The number of aliphatic hydroxyl groups excluding tert-OH is 1. The van der Waals surface area contributed by atoms with Crippen LogP contribution in [-0.4, -0.2) is 26.3 Å². The van der Waals surface area contributed by atoms with Crippen molar-refractivity contribution in [1.29, 1.82) is 0 Å². The van der Waals surface area contributed by atoms with Crippen LogP contribution in [0.5, 0.6) is 0 Å². The Morgan fingerprint density at radius 1 is 1.50 bits per heavy atom. The number of aliphatic hydroxyl groups is 1. The topological polar surface area (TPSA) is 50.4 Å². The molecule has 16 heavy (non-hydrogen) atoms. The summed E-state index contributed by atoms with van der Waals surface area (Å²) < 4.78 is 2.70. The lowest BCUT2D eigenvalue weighted by molar-refractivity contribution is 0.232. The van der Waals surface area contributed by atoms with E-state index in [-0.39, 0.29) is 12.5 Å². The van der Waals surface area contributed by atoms with Crippen LogP contribution in [0.3, 0.4) is 0 Å². The largest absolute Gasteiger partial charge is 0.396 e. The third kappa shape index (κ3) is 2.10. The minimum absolute atomic E-state index is 0.00123. The Bertz CT molecular complexity index is 495. The molecule has 1 unspecified atom stereocenters. The summed E-state index contributed by atoms with van der Waals surface area (Å²) in [5.74, 6) is 1.03. The van der Waals surface area contributed by atoms with Crippen LogP contribution < -0.4 is 0 Å². The van der Waals surface area contributed by atoms with Gasteiger partial charge in [-0.25, -0.2) is 9.50 Å². The Kier molecular flexibility index (Phi) is 3.25. The normalized spacial score (nSPS) is 13.6. The zero-order valence-electron chi connectivity index (χ0n) is 9.26. The molecular weight excluding hydrogens is 270 g/mol. The molecule has 0 amide bonds. The van der Waals surface area contributed by atoms with Crippen LogP contribution in [0.15, 0.2) is 22.8 Å². The molecule has 4 nitrogen and oxygen atoms in total. The molecule has 0 saturated carbocycles. The standard InChI is InChI=1S/C11H14BrN3O/c1-7(2)9(6-16)11-13-10-5-8(12)3-4-15(10)14-11/h3-5,7,9,16H,6H2,1-2H3. The summed E-state index contributed by atoms with van der Waals surface area (Å²) in [5, 5.41) is 13.7. The van der Waals surface area contributed by atoms with Gasteiger partial charge in [0.1, 0.15) is 0 Å². The number of nitrogens with zero attached hydrogens (tertiary/aromatic N) is 3. The van der Waals surface area contributed by atoms with Gasteiger partial charge in [-0.3, -0.25) is 0 Å². The zero-order valence-corrected chi connectivity index (χ0v) is 10.8. The molecule has 2 aromatic heterocycles. The maximum Gasteiger partial charge on any atom is 0.157 e. The van der Waals surface area contributed by atoms with Crippen LogP contribution in [0.2, 0.25) is 0 Å². The van der Waals surface area contributed by atoms with Crippen molar-refractivity contribution in [3.05, 3.63) is 28.6 Å². The number of halogens is 1. The molecule has 0 spiro atoms. The molecule has 2 heterocycles. The van der Waals surface area contributed by atoms with Crippen molar-refractivity contribution in [3.63, 3.8) is 0 Å². The van der Waals surface area contributed by atoms with Crippen LogP contribution in [-0.2, 0) is 0 Å². The molecule has 0 aliphatic rings. The second kappa shape index (κ2) is 4.51. The Labute approximate surface area is 102 Å². The van der Waals surface area contributed by atoms with E-state index in [1.807, 2.05) is 18.3 Å². The van der Waals surface area contributed by atoms with Gasteiger partial charge >= 0.3 is 0 Å². The van der Waals surface area contributed by atoms with Gasteiger partial charge in [-0.2, -0.15) is 5.10 Å².